The van der Waals surface area contributed by atoms with E-state index in [1.807, 2.05) is 26.0 Å². The zero-order chi connectivity index (χ0) is 15.0. The molecule has 110 valence electrons. The summed E-state index contributed by atoms with van der Waals surface area (Å²) in [5, 5.41) is 0. The van der Waals surface area contributed by atoms with Gasteiger partial charge in [-0.25, -0.2) is 0 Å². The SMILES string of the molecule is CCN(CC)C(=O)CC(=O)N(C)CCc1ccncc1. The summed E-state index contributed by atoms with van der Waals surface area (Å²) in [5.74, 6) is -0.230. The first-order valence-electron chi connectivity index (χ1n) is 6.99. The van der Waals surface area contributed by atoms with Crippen molar-refractivity contribution >= 4 is 11.8 Å². The van der Waals surface area contributed by atoms with Crippen molar-refractivity contribution in [2.75, 3.05) is 26.7 Å². The highest BCUT2D eigenvalue weighted by atomic mass is 16.2. The van der Waals surface area contributed by atoms with Crippen molar-refractivity contribution in [2.45, 2.75) is 26.7 Å². The fraction of sp³-hybridized carbons (Fsp3) is 0.533. The van der Waals surface area contributed by atoms with Gasteiger partial charge in [-0.05, 0) is 38.0 Å². The lowest BCUT2D eigenvalue weighted by Gasteiger charge is -2.21. The van der Waals surface area contributed by atoms with Gasteiger partial charge in [0.05, 0.1) is 0 Å². The summed E-state index contributed by atoms with van der Waals surface area (Å²) in [6.07, 6.45) is 4.20. The van der Waals surface area contributed by atoms with Crippen LogP contribution in [0.1, 0.15) is 25.8 Å². The summed E-state index contributed by atoms with van der Waals surface area (Å²) in [7, 11) is 1.74. The third kappa shape index (κ3) is 4.99. The molecule has 0 N–H and O–H groups in total. The van der Waals surface area contributed by atoms with Gasteiger partial charge in [-0.3, -0.25) is 14.6 Å². The molecule has 0 spiro atoms. The molecule has 1 heterocycles. The Hall–Kier alpha value is -1.91. The van der Waals surface area contributed by atoms with Crippen molar-refractivity contribution in [3.63, 3.8) is 0 Å². The molecule has 0 aliphatic heterocycles. The highest BCUT2D eigenvalue weighted by Crippen LogP contribution is 2.02. The summed E-state index contributed by atoms with van der Waals surface area (Å²) in [6, 6.07) is 3.86. The number of aromatic nitrogens is 1. The van der Waals surface area contributed by atoms with E-state index >= 15 is 0 Å². The summed E-state index contributed by atoms with van der Waals surface area (Å²) in [6.45, 7) is 5.72. The van der Waals surface area contributed by atoms with E-state index in [0.717, 1.165) is 12.0 Å². The summed E-state index contributed by atoms with van der Waals surface area (Å²) < 4.78 is 0. The van der Waals surface area contributed by atoms with Crippen LogP contribution in [0.15, 0.2) is 24.5 Å². The van der Waals surface area contributed by atoms with E-state index in [-0.39, 0.29) is 18.2 Å². The molecule has 1 aromatic rings. The lowest BCUT2D eigenvalue weighted by molar-refractivity contribution is -0.139. The molecule has 20 heavy (non-hydrogen) atoms. The topological polar surface area (TPSA) is 53.5 Å². The minimum absolute atomic E-state index is 0.0471. The number of pyridine rings is 1. The molecule has 0 saturated carbocycles. The average Bonchev–Trinajstić information content (AvgIpc) is 2.47. The second-order valence-electron chi connectivity index (χ2n) is 4.66. The van der Waals surface area contributed by atoms with Crippen LogP contribution in [-0.4, -0.2) is 53.3 Å². The maximum absolute atomic E-state index is 12.0. The van der Waals surface area contributed by atoms with E-state index in [1.165, 1.54) is 0 Å². The summed E-state index contributed by atoms with van der Waals surface area (Å²) in [4.78, 5) is 31.1. The zero-order valence-corrected chi connectivity index (χ0v) is 12.5. The Morgan fingerprint density at radius 1 is 1.10 bits per heavy atom. The first-order valence-corrected chi connectivity index (χ1v) is 6.99. The normalized spacial score (nSPS) is 10.2. The molecule has 0 radical (unpaired) electrons. The predicted molar refractivity (Wildman–Crippen MR) is 78.1 cm³/mol. The Labute approximate surface area is 120 Å². The summed E-state index contributed by atoms with van der Waals surface area (Å²) in [5.41, 5.74) is 1.13. The van der Waals surface area contributed by atoms with Gasteiger partial charge in [0.1, 0.15) is 6.42 Å². The molecule has 1 rings (SSSR count). The molecular weight excluding hydrogens is 254 g/mol. The molecule has 0 atom stereocenters. The molecule has 2 amide bonds. The number of likely N-dealkylation sites (N-methyl/N-ethyl adjacent to an activating group) is 1. The first kappa shape index (κ1) is 16.1. The van der Waals surface area contributed by atoms with Gasteiger partial charge in [-0.15, -0.1) is 0 Å². The van der Waals surface area contributed by atoms with Crippen LogP contribution >= 0.6 is 0 Å². The number of hydrogen-bond acceptors (Lipinski definition) is 3. The van der Waals surface area contributed by atoms with Gasteiger partial charge >= 0.3 is 0 Å². The fourth-order valence-corrected chi connectivity index (χ4v) is 1.92. The standard InChI is InChI=1S/C15H23N3O2/c1-4-18(5-2)15(20)12-14(19)17(3)11-8-13-6-9-16-10-7-13/h6-7,9-10H,4-5,8,11-12H2,1-3H3. The lowest BCUT2D eigenvalue weighted by Crippen LogP contribution is -2.37. The predicted octanol–water partition coefficient (Wildman–Crippen LogP) is 1.34. The molecule has 1 aromatic heterocycles. The number of nitrogens with zero attached hydrogens (tertiary/aromatic N) is 3. The zero-order valence-electron chi connectivity index (χ0n) is 12.5. The van der Waals surface area contributed by atoms with Crippen LogP contribution in [-0.2, 0) is 16.0 Å². The van der Waals surface area contributed by atoms with Gasteiger partial charge < -0.3 is 9.80 Å². The van der Waals surface area contributed by atoms with Crippen LogP contribution in [0.2, 0.25) is 0 Å². The van der Waals surface area contributed by atoms with Crippen molar-refractivity contribution < 1.29 is 9.59 Å². The second kappa shape index (κ2) is 8.30. The van der Waals surface area contributed by atoms with Crippen molar-refractivity contribution in [1.82, 2.24) is 14.8 Å². The Kier molecular flexibility index (Phi) is 6.70. The van der Waals surface area contributed by atoms with Gasteiger partial charge in [0.2, 0.25) is 11.8 Å². The quantitative estimate of drug-likeness (QED) is 0.707. The van der Waals surface area contributed by atoms with E-state index in [4.69, 9.17) is 0 Å². The Balaban J connectivity index is 2.41. The summed E-state index contributed by atoms with van der Waals surface area (Å²) >= 11 is 0. The highest BCUT2D eigenvalue weighted by Gasteiger charge is 2.17. The van der Waals surface area contributed by atoms with E-state index in [1.54, 1.807) is 29.2 Å². The Bertz CT molecular complexity index is 430. The van der Waals surface area contributed by atoms with Gasteiger partial charge in [0.25, 0.3) is 0 Å². The smallest absolute Gasteiger partial charge is 0.231 e. The molecule has 5 nitrogen and oxygen atoms in total. The number of rotatable bonds is 7. The van der Waals surface area contributed by atoms with Gasteiger partial charge in [-0.2, -0.15) is 0 Å². The number of carbonyl (C=O) groups is 2. The molecule has 0 aliphatic rings. The van der Waals surface area contributed by atoms with Crippen molar-refractivity contribution in [3.8, 4) is 0 Å². The van der Waals surface area contributed by atoms with E-state index in [0.29, 0.717) is 19.6 Å². The molecule has 0 unspecified atom stereocenters. The molecule has 5 heteroatoms. The lowest BCUT2D eigenvalue weighted by atomic mass is 10.2. The van der Waals surface area contributed by atoms with Crippen molar-refractivity contribution in [2.24, 2.45) is 0 Å². The Morgan fingerprint density at radius 3 is 2.25 bits per heavy atom. The fourth-order valence-electron chi connectivity index (χ4n) is 1.92. The average molecular weight is 277 g/mol. The second-order valence-corrected chi connectivity index (χ2v) is 4.66. The monoisotopic (exact) mass is 277 g/mol. The van der Waals surface area contributed by atoms with E-state index in [9.17, 15) is 9.59 Å². The molecule has 0 fully saturated rings. The van der Waals surface area contributed by atoms with Crippen LogP contribution in [0.4, 0.5) is 0 Å². The third-order valence-corrected chi connectivity index (χ3v) is 3.33. The van der Waals surface area contributed by atoms with Crippen LogP contribution < -0.4 is 0 Å². The number of amides is 2. The van der Waals surface area contributed by atoms with Gasteiger partial charge in [0.15, 0.2) is 0 Å². The molecule has 0 bridgehead atoms. The molecule has 0 aromatic carbocycles. The van der Waals surface area contributed by atoms with Crippen LogP contribution in [0.5, 0.6) is 0 Å². The Morgan fingerprint density at radius 2 is 1.70 bits per heavy atom. The molecular formula is C15H23N3O2. The van der Waals surface area contributed by atoms with Crippen LogP contribution in [0.25, 0.3) is 0 Å². The number of carbonyl (C=O) groups excluding carboxylic acids is 2. The van der Waals surface area contributed by atoms with Gasteiger partial charge in [-0.1, -0.05) is 0 Å². The van der Waals surface area contributed by atoms with Gasteiger partial charge in [0, 0.05) is 39.1 Å². The van der Waals surface area contributed by atoms with Crippen LogP contribution in [0, 0.1) is 0 Å². The van der Waals surface area contributed by atoms with E-state index < -0.39 is 0 Å². The highest BCUT2D eigenvalue weighted by molar-refractivity contribution is 5.96. The van der Waals surface area contributed by atoms with E-state index in [2.05, 4.69) is 4.98 Å². The van der Waals surface area contributed by atoms with Crippen LogP contribution in [0.3, 0.4) is 0 Å². The third-order valence-electron chi connectivity index (χ3n) is 3.33. The maximum Gasteiger partial charge on any atom is 0.231 e. The molecule has 0 saturated heterocycles. The molecule has 0 aliphatic carbocycles. The maximum atomic E-state index is 12.0. The minimum atomic E-state index is -0.129. The van der Waals surface area contributed by atoms with Crippen molar-refractivity contribution in [3.05, 3.63) is 30.1 Å². The largest absolute Gasteiger partial charge is 0.345 e. The van der Waals surface area contributed by atoms with Crippen molar-refractivity contribution in [1.29, 1.82) is 0 Å². The first-order chi connectivity index (χ1) is 9.58. The number of hydrogen-bond donors (Lipinski definition) is 0. The minimum Gasteiger partial charge on any atom is -0.345 e.